The Bertz CT molecular complexity index is 1460. The van der Waals surface area contributed by atoms with Gasteiger partial charge in [-0.05, 0) is 87.4 Å². The Hall–Kier alpha value is -3.63. The van der Waals surface area contributed by atoms with Gasteiger partial charge in [-0.25, -0.2) is 12.8 Å². The summed E-state index contributed by atoms with van der Waals surface area (Å²) in [5.74, 6) is -1.13. The number of hydrogen-bond acceptors (Lipinski definition) is 5. The highest BCUT2D eigenvalue weighted by Crippen LogP contribution is 2.27. The minimum absolute atomic E-state index is 0.0333. The van der Waals surface area contributed by atoms with E-state index in [0.29, 0.717) is 16.3 Å². The van der Waals surface area contributed by atoms with Gasteiger partial charge in [0, 0.05) is 17.1 Å². The van der Waals surface area contributed by atoms with E-state index >= 15 is 0 Å². The fourth-order valence-corrected chi connectivity index (χ4v) is 5.80. The molecule has 3 aromatic carbocycles. The molecule has 2 amide bonds. The molecule has 0 spiro atoms. The molecule has 0 fully saturated rings. The number of nitrogens with one attached hydrogen (secondary N) is 1. The summed E-state index contributed by atoms with van der Waals surface area (Å²) < 4.78 is 47.6. The average Bonchev–Trinajstić information content (AvgIpc) is 2.92. The predicted molar refractivity (Wildman–Crippen MR) is 158 cm³/mol. The van der Waals surface area contributed by atoms with E-state index in [2.05, 4.69) is 5.32 Å². The highest BCUT2D eigenvalue weighted by molar-refractivity contribution is 7.92. The minimum Gasteiger partial charge on any atom is -0.497 e. The molecule has 3 aromatic rings. The quantitative estimate of drug-likeness (QED) is 0.316. The normalized spacial score (nSPS) is 12.4. The van der Waals surface area contributed by atoms with Crippen molar-refractivity contribution in [3.8, 4) is 5.75 Å². The third-order valence-electron chi connectivity index (χ3n) is 6.22. The number of benzene rings is 3. The van der Waals surface area contributed by atoms with E-state index in [9.17, 15) is 22.4 Å². The Morgan fingerprint density at radius 3 is 2.15 bits per heavy atom. The van der Waals surface area contributed by atoms with Gasteiger partial charge in [0.1, 0.15) is 24.2 Å². The molecule has 1 N–H and O–H groups in total. The molecule has 0 aromatic heterocycles. The molecule has 3 rings (SSSR count). The molecule has 220 valence electrons. The molecule has 0 radical (unpaired) electrons. The fourth-order valence-electron chi connectivity index (χ4n) is 4.19. The second-order valence-electron chi connectivity index (χ2n) is 10.4. The van der Waals surface area contributed by atoms with Crippen LogP contribution in [0.1, 0.15) is 39.7 Å². The summed E-state index contributed by atoms with van der Waals surface area (Å²) in [7, 11) is -2.84. The molecule has 11 heteroatoms. The number of hydrogen-bond donors (Lipinski definition) is 1. The second-order valence-corrected chi connectivity index (χ2v) is 12.7. The van der Waals surface area contributed by atoms with E-state index < -0.39 is 39.9 Å². The number of ether oxygens (including phenoxy) is 1. The van der Waals surface area contributed by atoms with E-state index in [0.717, 1.165) is 16.4 Å². The van der Waals surface area contributed by atoms with E-state index in [4.69, 9.17) is 16.3 Å². The van der Waals surface area contributed by atoms with Crippen LogP contribution in [0.15, 0.2) is 77.7 Å². The lowest BCUT2D eigenvalue weighted by molar-refractivity contribution is -0.141. The number of methoxy groups -OCH3 is 1. The number of amides is 2. The van der Waals surface area contributed by atoms with Crippen LogP contribution in [-0.4, -0.2) is 50.4 Å². The lowest BCUT2D eigenvalue weighted by Gasteiger charge is -2.35. The first-order chi connectivity index (χ1) is 19.3. The standard InChI is InChI=1S/C30H35ClFN3O5S/c1-6-27(29(37)33-30(2,3)4)34(19-21-9-7-8-10-26(21)31)28(36)20-35(23-13-11-22(32)12-14-23)41(38,39)25-17-15-24(40-5)16-18-25/h7-18,27H,6,19-20H2,1-5H3,(H,33,37). The van der Waals surface area contributed by atoms with Crippen molar-refractivity contribution in [2.45, 2.75) is 57.1 Å². The second kappa shape index (κ2) is 13.4. The summed E-state index contributed by atoms with van der Waals surface area (Å²) in [5, 5.41) is 3.31. The maximum atomic E-state index is 14.1. The van der Waals surface area contributed by atoms with Crippen molar-refractivity contribution in [3.63, 3.8) is 0 Å². The molecule has 0 heterocycles. The lowest BCUT2D eigenvalue weighted by atomic mass is 10.1. The first-order valence-corrected chi connectivity index (χ1v) is 14.9. The van der Waals surface area contributed by atoms with E-state index in [-0.39, 0.29) is 29.5 Å². The molecule has 1 unspecified atom stereocenters. The monoisotopic (exact) mass is 603 g/mol. The summed E-state index contributed by atoms with van der Waals surface area (Å²) in [6.45, 7) is 6.57. The first-order valence-electron chi connectivity index (χ1n) is 13.0. The van der Waals surface area contributed by atoms with Crippen LogP contribution in [0.4, 0.5) is 10.1 Å². The van der Waals surface area contributed by atoms with E-state index in [1.54, 1.807) is 31.2 Å². The molecule has 8 nitrogen and oxygen atoms in total. The molecule has 0 aliphatic carbocycles. The van der Waals surface area contributed by atoms with Gasteiger partial charge >= 0.3 is 0 Å². The molecular weight excluding hydrogens is 569 g/mol. The summed E-state index contributed by atoms with van der Waals surface area (Å²) in [4.78, 5) is 28.7. The fraction of sp³-hybridized carbons (Fsp3) is 0.333. The van der Waals surface area contributed by atoms with Crippen LogP contribution in [0.3, 0.4) is 0 Å². The zero-order chi connectivity index (χ0) is 30.4. The van der Waals surface area contributed by atoms with Crippen molar-refractivity contribution in [2.75, 3.05) is 18.0 Å². The molecule has 0 aliphatic heterocycles. The lowest BCUT2D eigenvalue weighted by Crippen LogP contribution is -2.55. The molecule has 41 heavy (non-hydrogen) atoms. The van der Waals surface area contributed by atoms with Crippen LogP contribution in [-0.2, 0) is 26.2 Å². The molecule has 0 aliphatic rings. The minimum atomic E-state index is -4.30. The number of carbonyl (C=O) groups excluding carboxylic acids is 2. The zero-order valence-corrected chi connectivity index (χ0v) is 25.3. The topological polar surface area (TPSA) is 96.0 Å². The third-order valence-corrected chi connectivity index (χ3v) is 8.38. The number of halogens is 2. The van der Waals surface area contributed by atoms with Gasteiger partial charge in [-0.1, -0.05) is 36.7 Å². The largest absolute Gasteiger partial charge is 0.497 e. The predicted octanol–water partition coefficient (Wildman–Crippen LogP) is 5.41. The molecule has 0 saturated heterocycles. The van der Waals surface area contributed by atoms with Gasteiger partial charge in [0.2, 0.25) is 11.8 Å². The number of sulfonamides is 1. The van der Waals surface area contributed by atoms with Gasteiger partial charge in [-0.3, -0.25) is 13.9 Å². The Morgan fingerprint density at radius 1 is 1.00 bits per heavy atom. The van der Waals surface area contributed by atoms with Crippen molar-refractivity contribution >= 4 is 39.1 Å². The van der Waals surface area contributed by atoms with Gasteiger partial charge in [-0.15, -0.1) is 0 Å². The Kier molecular flexibility index (Phi) is 10.4. The third kappa shape index (κ3) is 8.20. The van der Waals surface area contributed by atoms with Crippen molar-refractivity contribution in [3.05, 3.63) is 89.2 Å². The Balaban J connectivity index is 2.08. The molecule has 1 atom stereocenters. The number of anilines is 1. The van der Waals surface area contributed by atoms with Crippen molar-refractivity contribution < 1.29 is 27.1 Å². The van der Waals surface area contributed by atoms with Gasteiger partial charge in [0.15, 0.2) is 0 Å². The van der Waals surface area contributed by atoms with Crippen LogP contribution >= 0.6 is 11.6 Å². The van der Waals surface area contributed by atoms with Gasteiger partial charge in [0.05, 0.1) is 17.7 Å². The maximum Gasteiger partial charge on any atom is 0.264 e. The molecule has 0 saturated carbocycles. The smallest absolute Gasteiger partial charge is 0.264 e. The number of nitrogens with zero attached hydrogens (tertiary/aromatic N) is 2. The van der Waals surface area contributed by atoms with Gasteiger partial charge in [0.25, 0.3) is 10.0 Å². The SMILES string of the molecule is CCC(C(=O)NC(C)(C)C)N(Cc1ccccc1Cl)C(=O)CN(c1ccc(F)cc1)S(=O)(=O)c1ccc(OC)cc1. The maximum absolute atomic E-state index is 14.1. The summed E-state index contributed by atoms with van der Waals surface area (Å²) in [5.41, 5.74) is 0.109. The number of carbonyl (C=O) groups is 2. The Morgan fingerprint density at radius 2 is 1.61 bits per heavy atom. The van der Waals surface area contributed by atoms with Crippen molar-refractivity contribution in [2.24, 2.45) is 0 Å². The Labute approximate surface area is 246 Å². The van der Waals surface area contributed by atoms with Gasteiger partial charge in [-0.2, -0.15) is 0 Å². The summed E-state index contributed by atoms with van der Waals surface area (Å²) in [6, 6.07) is 16.5. The van der Waals surface area contributed by atoms with E-state index in [1.807, 2.05) is 20.8 Å². The highest BCUT2D eigenvalue weighted by atomic mass is 35.5. The van der Waals surface area contributed by atoms with Crippen LogP contribution in [0.5, 0.6) is 5.75 Å². The zero-order valence-electron chi connectivity index (χ0n) is 23.7. The van der Waals surface area contributed by atoms with Gasteiger partial charge < -0.3 is 15.0 Å². The van der Waals surface area contributed by atoms with Crippen LogP contribution in [0.25, 0.3) is 0 Å². The van der Waals surface area contributed by atoms with Crippen LogP contribution in [0.2, 0.25) is 5.02 Å². The van der Waals surface area contributed by atoms with Crippen LogP contribution < -0.4 is 14.4 Å². The summed E-state index contributed by atoms with van der Waals surface area (Å²) >= 11 is 6.41. The van der Waals surface area contributed by atoms with Crippen molar-refractivity contribution in [1.29, 1.82) is 0 Å². The van der Waals surface area contributed by atoms with Crippen LogP contribution in [0, 0.1) is 5.82 Å². The molecular formula is C30H35ClFN3O5S. The van der Waals surface area contributed by atoms with Crippen molar-refractivity contribution in [1.82, 2.24) is 10.2 Å². The molecule has 0 bridgehead atoms. The van der Waals surface area contributed by atoms with E-state index in [1.165, 1.54) is 48.4 Å². The highest BCUT2D eigenvalue weighted by Gasteiger charge is 2.35. The summed E-state index contributed by atoms with van der Waals surface area (Å²) in [6.07, 6.45) is 0.264. The average molecular weight is 604 g/mol. The first kappa shape index (κ1) is 31.9. The number of rotatable bonds is 11.